The fraction of sp³-hybridized carbons (Fsp3) is 0.370. The van der Waals surface area contributed by atoms with E-state index in [-0.39, 0.29) is 34.5 Å². The van der Waals surface area contributed by atoms with Gasteiger partial charge in [-0.25, -0.2) is 13.6 Å². The largest absolute Gasteiger partial charge is 0.379 e. The number of nitrogens with zero attached hydrogens (tertiary/aromatic N) is 4. The molecule has 7 nitrogen and oxygen atoms in total. The van der Waals surface area contributed by atoms with E-state index < -0.39 is 34.3 Å². The number of aromatic nitrogens is 2. The molecule has 39 heavy (non-hydrogen) atoms. The predicted octanol–water partition coefficient (Wildman–Crippen LogP) is 5.04. The highest BCUT2D eigenvalue weighted by Gasteiger charge is 2.35. The maximum absolute atomic E-state index is 15.2. The summed E-state index contributed by atoms with van der Waals surface area (Å²) < 4.78 is 36.5. The van der Waals surface area contributed by atoms with Gasteiger partial charge >= 0.3 is 5.69 Å². The van der Waals surface area contributed by atoms with Crippen LogP contribution >= 0.6 is 34.1 Å². The Balaban J connectivity index is 1.73. The summed E-state index contributed by atoms with van der Waals surface area (Å²) in [6.45, 7) is 8.56. The van der Waals surface area contributed by atoms with E-state index in [2.05, 4.69) is 11.6 Å². The van der Waals surface area contributed by atoms with E-state index in [1.807, 2.05) is 18.7 Å². The molecule has 0 spiro atoms. The lowest BCUT2D eigenvalue weighted by molar-refractivity contribution is -0.130. The maximum atomic E-state index is 15.2. The Kier molecular flexibility index (Phi) is 7.67. The zero-order valence-corrected chi connectivity index (χ0v) is 24.0. The molecule has 0 radical (unpaired) electrons. The summed E-state index contributed by atoms with van der Waals surface area (Å²) in [7, 11) is 0.0407. The zero-order valence-electron chi connectivity index (χ0n) is 21.6. The van der Waals surface area contributed by atoms with E-state index in [4.69, 9.17) is 27.9 Å². The SMILES string of the molecule is C=CC(=O)N1[C@H](C)CN(c2nc(=O)n3c4c(cc(Cl)cc24)[SH](c2cc(Cl)c(F)cc2F)C[C@H](OC)C3)C[C@@H]1C. The number of carbonyl (C=O) groups is 1. The standard InChI is InChI=1S/C27H28Cl2F2N4O3S/c1-5-24(36)35-14(2)10-33(11-15(35)3)26-18-6-16(28)7-23-25(18)34(27(37)32-26)12-17(38-4)13-39(23)22-8-19(29)20(30)9-21(22)31/h5-9,14-15,17,39H,1,10-13H2,2-4H3/t14-,15+,17-/m1/s1. The zero-order chi connectivity index (χ0) is 28.2. The average Bonchev–Trinajstić information content (AvgIpc) is 3.05. The first-order valence-electron chi connectivity index (χ1n) is 12.4. The van der Waals surface area contributed by atoms with Crippen molar-refractivity contribution in [1.82, 2.24) is 14.5 Å². The van der Waals surface area contributed by atoms with E-state index in [1.165, 1.54) is 19.3 Å². The van der Waals surface area contributed by atoms with Crippen molar-refractivity contribution in [3.05, 3.63) is 69.1 Å². The van der Waals surface area contributed by atoms with Gasteiger partial charge in [-0.1, -0.05) is 29.8 Å². The monoisotopic (exact) mass is 596 g/mol. The minimum Gasteiger partial charge on any atom is -0.379 e. The van der Waals surface area contributed by atoms with Crippen molar-refractivity contribution in [2.75, 3.05) is 30.9 Å². The highest BCUT2D eigenvalue weighted by Crippen LogP contribution is 2.52. The Hall–Kier alpha value is -2.66. The molecule has 3 aromatic rings. The summed E-state index contributed by atoms with van der Waals surface area (Å²) in [5.41, 5.74) is 0.118. The Morgan fingerprint density at radius 1 is 1.10 bits per heavy atom. The number of thiol groups is 1. The molecule has 1 aromatic heterocycles. The van der Waals surface area contributed by atoms with Crippen molar-refractivity contribution in [3.63, 3.8) is 0 Å². The quantitative estimate of drug-likeness (QED) is 0.260. The number of hydrogen-bond donors (Lipinski definition) is 1. The number of hydrogen-bond acceptors (Lipinski definition) is 5. The highest BCUT2D eigenvalue weighted by atomic mass is 35.5. The van der Waals surface area contributed by atoms with E-state index in [9.17, 15) is 14.0 Å². The van der Waals surface area contributed by atoms with Crippen molar-refractivity contribution in [2.24, 2.45) is 0 Å². The van der Waals surface area contributed by atoms with Gasteiger partial charge in [0.2, 0.25) is 5.91 Å². The maximum Gasteiger partial charge on any atom is 0.350 e. The molecule has 2 aromatic carbocycles. The lowest BCUT2D eigenvalue weighted by atomic mass is 10.1. The molecule has 0 aliphatic carbocycles. The first-order valence-corrected chi connectivity index (χ1v) is 14.7. The molecule has 12 heteroatoms. The van der Waals surface area contributed by atoms with Crippen LogP contribution in [0.25, 0.3) is 10.9 Å². The molecule has 1 unspecified atom stereocenters. The Bertz CT molecular complexity index is 1540. The average molecular weight is 598 g/mol. The van der Waals surface area contributed by atoms with Crippen LogP contribution in [0.4, 0.5) is 14.6 Å². The van der Waals surface area contributed by atoms with Crippen molar-refractivity contribution in [1.29, 1.82) is 0 Å². The lowest BCUT2D eigenvalue weighted by Gasteiger charge is -2.44. The normalized spacial score (nSPS) is 24.1. The Morgan fingerprint density at radius 3 is 2.44 bits per heavy atom. The number of carbonyl (C=O) groups excluding carboxylic acids is 1. The van der Waals surface area contributed by atoms with Crippen LogP contribution in [0, 0.1) is 11.6 Å². The molecule has 208 valence electrons. The summed E-state index contributed by atoms with van der Waals surface area (Å²) in [5, 5.41) is 0.843. The van der Waals surface area contributed by atoms with Crippen molar-refractivity contribution in [3.8, 4) is 0 Å². The van der Waals surface area contributed by atoms with E-state index in [0.29, 0.717) is 45.5 Å². The number of rotatable bonds is 4. The van der Waals surface area contributed by atoms with Crippen LogP contribution < -0.4 is 10.6 Å². The number of halogens is 4. The molecular formula is C27H28Cl2F2N4O3S. The highest BCUT2D eigenvalue weighted by molar-refractivity contribution is 8.17. The molecule has 2 aliphatic heterocycles. The van der Waals surface area contributed by atoms with Crippen molar-refractivity contribution >= 4 is 56.7 Å². The number of amides is 1. The van der Waals surface area contributed by atoms with E-state index >= 15 is 4.39 Å². The first-order chi connectivity index (χ1) is 18.5. The number of benzene rings is 2. The first kappa shape index (κ1) is 27.9. The number of anilines is 1. The van der Waals surface area contributed by atoms with Crippen LogP contribution in [0.2, 0.25) is 10.0 Å². The topological polar surface area (TPSA) is 67.7 Å². The van der Waals surface area contributed by atoms with Gasteiger partial charge in [0.25, 0.3) is 0 Å². The molecule has 5 rings (SSSR count). The fourth-order valence-electron chi connectivity index (χ4n) is 5.66. The number of piperazine rings is 1. The van der Waals surface area contributed by atoms with Crippen LogP contribution in [-0.4, -0.2) is 64.5 Å². The molecule has 3 heterocycles. The van der Waals surface area contributed by atoms with Gasteiger partial charge < -0.3 is 14.5 Å². The second-order valence-electron chi connectivity index (χ2n) is 9.89. The molecular weight excluding hydrogens is 569 g/mol. The van der Waals surface area contributed by atoms with Gasteiger partial charge in [0.05, 0.1) is 23.2 Å². The van der Waals surface area contributed by atoms with Gasteiger partial charge in [-0.3, -0.25) is 9.36 Å². The lowest BCUT2D eigenvalue weighted by Crippen LogP contribution is -2.58. The molecule has 1 saturated heterocycles. The number of methoxy groups -OCH3 is 1. The van der Waals surface area contributed by atoms with Gasteiger partial charge in [-0.05, 0) is 38.1 Å². The van der Waals surface area contributed by atoms with Gasteiger partial charge in [0.1, 0.15) is 17.5 Å². The van der Waals surface area contributed by atoms with Crippen molar-refractivity contribution < 1.29 is 18.3 Å². The minimum absolute atomic E-state index is 0.157. The molecule has 4 atom stereocenters. The predicted molar refractivity (Wildman–Crippen MR) is 152 cm³/mol. The summed E-state index contributed by atoms with van der Waals surface area (Å²) in [6.07, 6.45) is 0.863. The van der Waals surface area contributed by atoms with Crippen LogP contribution in [0.3, 0.4) is 0 Å². The summed E-state index contributed by atoms with van der Waals surface area (Å²) in [5.74, 6) is -0.907. The molecule has 1 fully saturated rings. The van der Waals surface area contributed by atoms with Crippen LogP contribution in [0.1, 0.15) is 13.8 Å². The molecule has 0 saturated carbocycles. The van der Waals surface area contributed by atoms with Crippen LogP contribution in [-0.2, 0) is 16.1 Å². The van der Waals surface area contributed by atoms with Crippen LogP contribution in [0.15, 0.2) is 51.5 Å². The second-order valence-corrected chi connectivity index (χ2v) is 12.9. The van der Waals surface area contributed by atoms with E-state index in [1.54, 1.807) is 21.6 Å². The Labute approximate surface area is 237 Å². The third-order valence-electron chi connectivity index (χ3n) is 7.32. The molecule has 0 N–H and O–H groups in total. The molecule has 2 aliphatic rings. The molecule has 0 bridgehead atoms. The second kappa shape index (κ2) is 10.7. The van der Waals surface area contributed by atoms with E-state index in [0.717, 1.165) is 6.07 Å². The summed E-state index contributed by atoms with van der Waals surface area (Å²) in [6, 6.07) is 5.25. The smallest absolute Gasteiger partial charge is 0.350 e. The third kappa shape index (κ3) is 4.92. The van der Waals surface area contributed by atoms with Gasteiger partial charge in [-0.2, -0.15) is 15.9 Å². The summed E-state index contributed by atoms with van der Waals surface area (Å²) in [4.78, 5) is 35.1. The van der Waals surface area contributed by atoms with Gasteiger partial charge in [0, 0.05) is 64.3 Å². The minimum atomic E-state index is -1.49. The van der Waals surface area contributed by atoms with Crippen molar-refractivity contribution in [2.45, 2.75) is 48.4 Å². The summed E-state index contributed by atoms with van der Waals surface area (Å²) >= 11 is 12.7. The molecule has 1 amide bonds. The van der Waals surface area contributed by atoms with Crippen LogP contribution in [0.5, 0.6) is 0 Å². The number of ether oxygens (including phenoxy) is 1. The Morgan fingerprint density at radius 2 is 1.79 bits per heavy atom. The third-order valence-corrected chi connectivity index (χ3v) is 10.4. The van der Waals surface area contributed by atoms with Gasteiger partial charge in [0.15, 0.2) is 0 Å². The van der Waals surface area contributed by atoms with Gasteiger partial charge in [-0.15, -0.1) is 0 Å². The fourth-order valence-corrected chi connectivity index (χ4v) is 8.91.